The second-order valence-electron chi connectivity index (χ2n) is 7.59. The normalized spacial score (nSPS) is 11.2. The Labute approximate surface area is 188 Å². The zero-order valence-corrected chi connectivity index (χ0v) is 19.0. The minimum atomic E-state index is -0.0797. The van der Waals surface area contributed by atoms with E-state index < -0.39 is 0 Å². The Morgan fingerprint density at radius 1 is 1.12 bits per heavy atom. The van der Waals surface area contributed by atoms with Gasteiger partial charge in [-0.15, -0.1) is 0 Å². The van der Waals surface area contributed by atoms with Gasteiger partial charge in [-0.3, -0.25) is 9.79 Å². The first-order chi connectivity index (χ1) is 15.5. The van der Waals surface area contributed by atoms with E-state index in [2.05, 4.69) is 32.4 Å². The molecule has 1 heterocycles. The van der Waals surface area contributed by atoms with Gasteiger partial charge in [0.05, 0.1) is 18.4 Å². The molecule has 0 aliphatic rings. The largest absolute Gasteiger partial charge is 0.484 e. The number of nitrogens with one attached hydrogen (secondary N) is 2. The van der Waals surface area contributed by atoms with E-state index in [1.54, 1.807) is 21.1 Å². The number of benzene rings is 2. The van der Waals surface area contributed by atoms with Crippen molar-refractivity contribution in [3.63, 3.8) is 0 Å². The van der Waals surface area contributed by atoms with Crippen LogP contribution in [-0.4, -0.2) is 66.4 Å². The fourth-order valence-electron chi connectivity index (χ4n) is 3.09. The fraction of sp³-hybridized carbons (Fsp3) is 0.292. The highest BCUT2D eigenvalue weighted by atomic mass is 16.5. The van der Waals surface area contributed by atoms with Crippen LogP contribution in [0.1, 0.15) is 11.4 Å². The summed E-state index contributed by atoms with van der Waals surface area (Å²) in [6.45, 7) is 1.17. The Morgan fingerprint density at radius 3 is 2.62 bits per heavy atom. The molecule has 0 aliphatic carbocycles. The Hall–Kier alpha value is -3.81. The molecule has 3 rings (SSSR count). The van der Waals surface area contributed by atoms with Gasteiger partial charge in [0.2, 0.25) is 0 Å². The highest BCUT2D eigenvalue weighted by Crippen LogP contribution is 2.17. The zero-order chi connectivity index (χ0) is 22.9. The summed E-state index contributed by atoms with van der Waals surface area (Å²) in [6.07, 6.45) is 1.85. The van der Waals surface area contributed by atoms with Gasteiger partial charge in [0.15, 0.2) is 12.6 Å². The molecule has 0 unspecified atom stereocenters. The Bertz CT molecular complexity index is 1050. The number of nitrogens with zero attached hydrogens (tertiary/aromatic N) is 4. The van der Waals surface area contributed by atoms with Crippen LogP contribution in [0, 0.1) is 0 Å². The van der Waals surface area contributed by atoms with Crippen molar-refractivity contribution in [2.75, 3.05) is 34.8 Å². The van der Waals surface area contributed by atoms with Crippen molar-refractivity contribution in [2.45, 2.75) is 13.1 Å². The molecular formula is C24H30N6O2. The van der Waals surface area contributed by atoms with Gasteiger partial charge in [-0.25, -0.2) is 4.98 Å². The summed E-state index contributed by atoms with van der Waals surface area (Å²) >= 11 is 0. The van der Waals surface area contributed by atoms with Crippen LogP contribution in [-0.2, 0) is 17.9 Å². The van der Waals surface area contributed by atoms with Crippen molar-refractivity contribution in [3.8, 4) is 17.0 Å². The lowest BCUT2D eigenvalue weighted by atomic mass is 10.2. The Kier molecular flexibility index (Phi) is 7.85. The Morgan fingerprint density at radius 2 is 1.91 bits per heavy atom. The number of likely N-dealkylation sites (N-methyl/N-ethyl adjacent to an activating group) is 1. The van der Waals surface area contributed by atoms with Crippen LogP contribution < -0.4 is 10.1 Å². The monoisotopic (exact) mass is 434 g/mol. The number of guanidine groups is 1. The first kappa shape index (κ1) is 22.9. The topological polar surface area (TPSA) is 85.8 Å². The third-order valence-corrected chi connectivity index (χ3v) is 4.88. The molecular weight excluding hydrogens is 404 g/mol. The van der Waals surface area contributed by atoms with E-state index in [4.69, 9.17) is 4.74 Å². The summed E-state index contributed by atoms with van der Waals surface area (Å²) < 4.78 is 5.60. The van der Waals surface area contributed by atoms with Crippen LogP contribution >= 0.6 is 0 Å². The number of carbonyl (C=O) groups is 1. The van der Waals surface area contributed by atoms with E-state index in [9.17, 15) is 4.79 Å². The lowest BCUT2D eigenvalue weighted by Crippen LogP contribution is -2.38. The van der Waals surface area contributed by atoms with Gasteiger partial charge >= 0.3 is 0 Å². The number of carbonyl (C=O) groups excluding carboxylic acids is 1. The smallest absolute Gasteiger partial charge is 0.259 e. The van der Waals surface area contributed by atoms with Gasteiger partial charge < -0.3 is 24.8 Å². The van der Waals surface area contributed by atoms with Gasteiger partial charge in [0, 0.05) is 34.7 Å². The predicted octanol–water partition coefficient (Wildman–Crippen LogP) is 2.75. The van der Waals surface area contributed by atoms with Crippen LogP contribution in [0.5, 0.6) is 5.75 Å². The van der Waals surface area contributed by atoms with E-state index in [1.165, 1.54) is 4.90 Å². The van der Waals surface area contributed by atoms with Crippen LogP contribution in [0.25, 0.3) is 11.3 Å². The van der Waals surface area contributed by atoms with Gasteiger partial charge in [-0.2, -0.15) is 0 Å². The molecule has 8 nitrogen and oxygen atoms in total. The number of aromatic amines is 1. The third-order valence-electron chi connectivity index (χ3n) is 4.88. The zero-order valence-electron chi connectivity index (χ0n) is 19.0. The lowest BCUT2D eigenvalue weighted by molar-refractivity contribution is -0.130. The van der Waals surface area contributed by atoms with Gasteiger partial charge in [-0.1, -0.05) is 42.5 Å². The van der Waals surface area contributed by atoms with Crippen LogP contribution in [0.2, 0.25) is 0 Å². The van der Waals surface area contributed by atoms with Gasteiger partial charge in [0.1, 0.15) is 11.6 Å². The molecule has 0 radical (unpaired) electrons. The summed E-state index contributed by atoms with van der Waals surface area (Å²) in [5.74, 6) is 2.18. The van der Waals surface area contributed by atoms with E-state index in [0.29, 0.717) is 18.8 Å². The van der Waals surface area contributed by atoms with Crippen molar-refractivity contribution in [3.05, 3.63) is 72.2 Å². The maximum absolute atomic E-state index is 11.7. The van der Waals surface area contributed by atoms with Crippen LogP contribution in [0.4, 0.5) is 0 Å². The van der Waals surface area contributed by atoms with E-state index in [-0.39, 0.29) is 12.5 Å². The van der Waals surface area contributed by atoms with E-state index in [1.807, 2.05) is 60.6 Å². The number of rotatable bonds is 8. The van der Waals surface area contributed by atoms with Crippen LogP contribution in [0.15, 0.2) is 65.8 Å². The average Bonchev–Trinajstić information content (AvgIpc) is 3.27. The maximum atomic E-state index is 11.7. The second-order valence-corrected chi connectivity index (χ2v) is 7.59. The molecule has 3 aromatic rings. The number of H-pyrrole nitrogens is 1. The molecule has 32 heavy (non-hydrogen) atoms. The summed E-state index contributed by atoms with van der Waals surface area (Å²) in [5.41, 5.74) is 3.12. The molecule has 2 N–H and O–H groups in total. The fourth-order valence-corrected chi connectivity index (χ4v) is 3.09. The molecule has 0 fully saturated rings. The molecule has 1 amide bonds. The first-order valence-electron chi connectivity index (χ1n) is 10.4. The number of hydrogen-bond acceptors (Lipinski definition) is 4. The highest BCUT2D eigenvalue weighted by Gasteiger charge is 2.10. The molecule has 8 heteroatoms. The van der Waals surface area contributed by atoms with E-state index >= 15 is 0 Å². The quantitative estimate of drug-likeness (QED) is 0.421. The van der Waals surface area contributed by atoms with Crippen molar-refractivity contribution in [2.24, 2.45) is 4.99 Å². The van der Waals surface area contributed by atoms with Crippen molar-refractivity contribution >= 4 is 11.9 Å². The second kappa shape index (κ2) is 11.0. The molecule has 0 spiro atoms. The number of ether oxygens (including phenoxy) is 1. The predicted molar refractivity (Wildman–Crippen MR) is 126 cm³/mol. The number of aliphatic imine (C=N–C) groups is 1. The van der Waals surface area contributed by atoms with E-state index in [0.717, 1.165) is 28.6 Å². The Balaban J connectivity index is 1.55. The van der Waals surface area contributed by atoms with Crippen molar-refractivity contribution < 1.29 is 9.53 Å². The maximum Gasteiger partial charge on any atom is 0.259 e. The molecule has 0 saturated carbocycles. The molecule has 0 aliphatic heterocycles. The SMILES string of the molecule is CN=C(NCc1cccc(OCC(=O)N(C)C)c1)N(C)Cc1ncc(-c2ccccc2)[nH]1. The van der Waals surface area contributed by atoms with Crippen molar-refractivity contribution in [1.29, 1.82) is 0 Å². The molecule has 1 aromatic heterocycles. The van der Waals surface area contributed by atoms with Gasteiger partial charge in [0.25, 0.3) is 5.91 Å². The average molecular weight is 435 g/mol. The molecule has 0 saturated heterocycles. The summed E-state index contributed by atoms with van der Waals surface area (Å²) in [7, 11) is 7.13. The summed E-state index contributed by atoms with van der Waals surface area (Å²) in [6, 6.07) is 17.8. The minimum absolute atomic E-state index is 0.0163. The number of aromatic nitrogens is 2. The first-order valence-corrected chi connectivity index (χ1v) is 10.4. The lowest BCUT2D eigenvalue weighted by Gasteiger charge is -2.21. The van der Waals surface area contributed by atoms with Crippen LogP contribution in [0.3, 0.4) is 0 Å². The molecule has 0 bridgehead atoms. The van der Waals surface area contributed by atoms with Crippen molar-refractivity contribution in [1.82, 2.24) is 25.1 Å². The number of imidazole rings is 1. The summed E-state index contributed by atoms with van der Waals surface area (Å²) in [4.78, 5) is 27.5. The molecule has 2 aromatic carbocycles. The number of hydrogen-bond donors (Lipinski definition) is 2. The third kappa shape index (κ3) is 6.34. The molecule has 168 valence electrons. The standard InChI is InChI=1S/C24H30N6O2/c1-25-24(27-14-18-9-8-12-20(13-18)32-17-23(31)29(2)3)30(4)16-22-26-15-21(28-22)19-10-6-5-7-11-19/h5-13,15H,14,16-17H2,1-4H3,(H,25,27)(H,26,28). The molecule has 0 atom stereocenters. The number of amides is 1. The summed E-state index contributed by atoms with van der Waals surface area (Å²) in [5, 5.41) is 3.36. The minimum Gasteiger partial charge on any atom is -0.484 e. The van der Waals surface area contributed by atoms with Gasteiger partial charge in [-0.05, 0) is 23.3 Å². The highest BCUT2D eigenvalue weighted by molar-refractivity contribution is 5.79.